The van der Waals surface area contributed by atoms with Crippen molar-refractivity contribution in [2.75, 3.05) is 0 Å². The number of carbonyl (C=O) groups excluding carboxylic acids is 1. The summed E-state index contributed by atoms with van der Waals surface area (Å²) >= 11 is 0. The van der Waals surface area contributed by atoms with E-state index in [1.54, 1.807) is 0 Å². The van der Waals surface area contributed by atoms with E-state index in [0.29, 0.717) is 6.42 Å². The van der Waals surface area contributed by atoms with Crippen LogP contribution in [0.1, 0.15) is 26.7 Å². The van der Waals surface area contributed by atoms with Crippen LogP contribution >= 0.6 is 0 Å². The van der Waals surface area contributed by atoms with E-state index >= 15 is 0 Å². The van der Waals surface area contributed by atoms with E-state index in [1.807, 2.05) is 6.92 Å². The Morgan fingerprint density at radius 3 is 2.27 bits per heavy atom. The molecule has 0 rings (SSSR count). The van der Waals surface area contributed by atoms with Crippen molar-refractivity contribution in [3.8, 4) is 0 Å². The van der Waals surface area contributed by atoms with Gasteiger partial charge in [-0.3, -0.25) is 0 Å². The van der Waals surface area contributed by atoms with Gasteiger partial charge in [-0.25, -0.2) is 0 Å². The first kappa shape index (κ1) is 13.6. The summed E-state index contributed by atoms with van der Waals surface area (Å²) < 4.78 is 0. The van der Waals surface area contributed by atoms with E-state index in [2.05, 4.69) is 0 Å². The number of carboxylic acid groups (broad SMARTS) is 1. The van der Waals surface area contributed by atoms with Crippen LogP contribution in [0.2, 0.25) is 0 Å². The molecule has 0 aromatic rings. The maximum atomic E-state index is 10.1. The van der Waals surface area contributed by atoms with Crippen molar-refractivity contribution >= 4 is 5.97 Å². The molecule has 1 N–H and O–H groups in total. The number of rotatable bonds is 3. The minimum atomic E-state index is -1.30. The average Bonchev–Trinajstić information content (AvgIpc) is 1.87. The molecule has 0 aromatic heterocycles. The van der Waals surface area contributed by atoms with Crippen molar-refractivity contribution in [3.63, 3.8) is 0 Å². The fraction of sp³-hybridized carbons (Fsp3) is 0.571. The fourth-order valence-electron chi connectivity index (χ4n) is 0.542. The summed E-state index contributed by atoms with van der Waals surface area (Å²) in [5.41, 5.74) is -0.0677. The Labute approximate surface area is 88.4 Å². The van der Waals surface area contributed by atoms with Crippen molar-refractivity contribution in [1.29, 1.82) is 0 Å². The van der Waals surface area contributed by atoms with Crippen molar-refractivity contribution in [3.05, 3.63) is 11.3 Å². The predicted octanol–water partition coefficient (Wildman–Crippen LogP) is -2.63. The second-order valence-corrected chi connectivity index (χ2v) is 2.11. The summed E-state index contributed by atoms with van der Waals surface area (Å²) in [4.78, 5) is 10.1. The minimum absolute atomic E-state index is 0. The molecular weight excluding hydrogens is 155 g/mol. The average molecular weight is 166 g/mol. The normalized spacial score (nSPS) is 11.5. The SMILES string of the molecule is CCCC(O)=C(C)C(=O)[O-].[Na+]. The molecule has 0 unspecified atom stereocenters. The van der Waals surface area contributed by atoms with Gasteiger partial charge < -0.3 is 15.0 Å². The second-order valence-electron chi connectivity index (χ2n) is 2.11. The van der Waals surface area contributed by atoms with E-state index in [1.165, 1.54) is 6.92 Å². The third kappa shape index (κ3) is 5.30. The topological polar surface area (TPSA) is 60.4 Å². The molecule has 0 aromatic carbocycles. The smallest absolute Gasteiger partial charge is 0.545 e. The molecule has 0 saturated heterocycles. The van der Waals surface area contributed by atoms with E-state index in [0.717, 1.165) is 6.42 Å². The van der Waals surface area contributed by atoms with E-state index in [9.17, 15) is 9.90 Å². The number of allylic oxidation sites excluding steroid dienone is 1. The molecule has 0 atom stereocenters. The molecule has 58 valence electrons. The number of aliphatic hydroxyl groups is 1. The van der Waals surface area contributed by atoms with Crippen molar-refractivity contribution in [2.45, 2.75) is 26.7 Å². The summed E-state index contributed by atoms with van der Waals surface area (Å²) in [5, 5.41) is 19.0. The van der Waals surface area contributed by atoms with E-state index < -0.39 is 5.97 Å². The molecule has 0 spiro atoms. The van der Waals surface area contributed by atoms with Crippen LogP contribution < -0.4 is 34.7 Å². The summed E-state index contributed by atoms with van der Waals surface area (Å²) in [6, 6.07) is 0. The first-order valence-corrected chi connectivity index (χ1v) is 3.19. The number of aliphatic hydroxyl groups excluding tert-OH is 1. The van der Waals surface area contributed by atoms with Gasteiger partial charge in [0.2, 0.25) is 0 Å². The van der Waals surface area contributed by atoms with Gasteiger partial charge in [-0.15, -0.1) is 0 Å². The van der Waals surface area contributed by atoms with Crippen LogP contribution in [0.25, 0.3) is 0 Å². The third-order valence-electron chi connectivity index (χ3n) is 1.23. The van der Waals surface area contributed by atoms with Gasteiger partial charge in [-0.2, -0.15) is 0 Å². The third-order valence-corrected chi connectivity index (χ3v) is 1.23. The zero-order chi connectivity index (χ0) is 8.15. The van der Waals surface area contributed by atoms with Crippen LogP contribution in [-0.2, 0) is 4.79 Å². The van der Waals surface area contributed by atoms with Gasteiger partial charge in [0, 0.05) is 12.0 Å². The first-order chi connectivity index (χ1) is 4.59. The number of carboxylic acids is 1. The molecular formula is C7H11NaO3. The number of aliphatic carboxylic acids is 1. The summed E-state index contributed by atoms with van der Waals surface area (Å²) in [6.45, 7) is 3.19. The van der Waals surface area contributed by atoms with E-state index in [-0.39, 0.29) is 40.9 Å². The molecule has 0 aliphatic heterocycles. The largest absolute Gasteiger partial charge is 1.00 e. The molecule has 0 heterocycles. The summed E-state index contributed by atoms with van der Waals surface area (Å²) in [5.74, 6) is -1.38. The molecule has 4 heteroatoms. The Kier molecular flexibility index (Phi) is 8.28. The van der Waals surface area contributed by atoms with Crippen LogP contribution in [0, 0.1) is 0 Å². The Bertz CT molecular complexity index is 163. The Hall–Kier alpha value is 0.0100. The Balaban J connectivity index is 0. The molecule has 0 aliphatic carbocycles. The van der Waals surface area contributed by atoms with Crippen LogP contribution in [0.15, 0.2) is 11.3 Å². The summed E-state index contributed by atoms with van der Waals surface area (Å²) in [6.07, 6.45) is 1.14. The zero-order valence-electron chi connectivity index (χ0n) is 7.18. The van der Waals surface area contributed by atoms with Gasteiger partial charge in [-0.05, 0) is 13.3 Å². The van der Waals surface area contributed by atoms with Crippen molar-refractivity contribution < 1.29 is 44.6 Å². The molecule has 11 heavy (non-hydrogen) atoms. The zero-order valence-corrected chi connectivity index (χ0v) is 9.18. The van der Waals surface area contributed by atoms with Gasteiger partial charge in [-0.1, -0.05) is 6.92 Å². The van der Waals surface area contributed by atoms with Crippen LogP contribution in [0.5, 0.6) is 0 Å². The molecule has 0 fully saturated rings. The number of hydrogen-bond donors (Lipinski definition) is 1. The molecule has 0 radical (unpaired) electrons. The van der Waals surface area contributed by atoms with Gasteiger partial charge >= 0.3 is 29.6 Å². The Morgan fingerprint density at radius 1 is 1.55 bits per heavy atom. The monoisotopic (exact) mass is 166 g/mol. The summed E-state index contributed by atoms with van der Waals surface area (Å²) in [7, 11) is 0. The number of carbonyl (C=O) groups is 1. The standard InChI is InChI=1S/C7H12O3.Na/c1-3-4-6(8)5(2)7(9)10;/h8H,3-4H2,1-2H3,(H,9,10);/q;+1/p-1. The maximum absolute atomic E-state index is 10.1. The first-order valence-electron chi connectivity index (χ1n) is 3.19. The van der Waals surface area contributed by atoms with Crippen LogP contribution in [0.4, 0.5) is 0 Å². The van der Waals surface area contributed by atoms with Crippen molar-refractivity contribution in [2.24, 2.45) is 0 Å². The maximum Gasteiger partial charge on any atom is 1.00 e. The molecule has 0 amide bonds. The number of hydrogen-bond acceptors (Lipinski definition) is 3. The van der Waals surface area contributed by atoms with Crippen LogP contribution in [0.3, 0.4) is 0 Å². The van der Waals surface area contributed by atoms with Gasteiger partial charge in [0.25, 0.3) is 0 Å². The molecule has 3 nitrogen and oxygen atoms in total. The second kappa shape index (κ2) is 6.70. The Morgan fingerprint density at radius 2 is 2.00 bits per heavy atom. The fourth-order valence-corrected chi connectivity index (χ4v) is 0.542. The van der Waals surface area contributed by atoms with E-state index in [4.69, 9.17) is 5.11 Å². The van der Waals surface area contributed by atoms with Gasteiger partial charge in [0.1, 0.15) is 0 Å². The van der Waals surface area contributed by atoms with Crippen LogP contribution in [-0.4, -0.2) is 11.1 Å². The quantitative estimate of drug-likeness (QED) is 0.283. The predicted molar refractivity (Wildman–Crippen MR) is 35.2 cm³/mol. The van der Waals surface area contributed by atoms with Gasteiger partial charge in [0.15, 0.2) is 0 Å². The molecule has 0 saturated carbocycles. The minimum Gasteiger partial charge on any atom is -0.545 e. The molecule has 0 aliphatic rings. The molecule has 0 bridgehead atoms. The van der Waals surface area contributed by atoms with Crippen molar-refractivity contribution in [1.82, 2.24) is 0 Å². The van der Waals surface area contributed by atoms with Gasteiger partial charge in [0.05, 0.1) is 11.7 Å².